The van der Waals surface area contributed by atoms with E-state index in [-0.39, 0.29) is 29.9 Å². The molecule has 0 spiro atoms. The Kier molecular flexibility index (Phi) is 4.22. The SMILES string of the molecule is NC(=O)OC1CC1c1csc(C(=O)N[C@]2(F)CCCC[C@H]2F)n1. The fourth-order valence-electron chi connectivity index (χ4n) is 2.80. The lowest BCUT2D eigenvalue weighted by molar-refractivity contribution is -0.0123. The van der Waals surface area contributed by atoms with Crippen LogP contribution in [0, 0.1) is 0 Å². The lowest BCUT2D eigenvalue weighted by atomic mass is 9.91. The second-order valence-electron chi connectivity index (χ2n) is 5.92. The molecule has 3 rings (SSSR count). The quantitative estimate of drug-likeness (QED) is 0.819. The van der Waals surface area contributed by atoms with Crippen LogP contribution >= 0.6 is 11.3 Å². The molecule has 2 aliphatic carbocycles. The highest BCUT2D eigenvalue weighted by atomic mass is 32.1. The van der Waals surface area contributed by atoms with E-state index in [2.05, 4.69) is 10.3 Å². The van der Waals surface area contributed by atoms with E-state index in [1.165, 1.54) is 0 Å². The molecule has 23 heavy (non-hydrogen) atoms. The first-order valence-electron chi connectivity index (χ1n) is 7.46. The fourth-order valence-corrected chi connectivity index (χ4v) is 3.57. The van der Waals surface area contributed by atoms with Crippen LogP contribution in [-0.2, 0) is 4.74 Å². The molecule has 2 amide bonds. The van der Waals surface area contributed by atoms with Gasteiger partial charge in [0, 0.05) is 17.7 Å². The molecule has 2 aliphatic rings. The summed E-state index contributed by atoms with van der Waals surface area (Å²) >= 11 is 1.05. The number of nitrogens with one attached hydrogen (secondary N) is 1. The van der Waals surface area contributed by atoms with Crippen LogP contribution in [-0.4, -0.2) is 35.1 Å². The molecule has 2 fully saturated rings. The van der Waals surface area contributed by atoms with Gasteiger partial charge in [0.25, 0.3) is 5.91 Å². The summed E-state index contributed by atoms with van der Waals surface area (Å²) in [6.07, 6.45) is -1.06. The van der Waals surface area contributed by atoms with Gasteiger partial charge in [-0.05, 0) is 19.3 Å². The molecule has 0 aromatic carbocycles. The lowest BCUT2D eigenvalue weighted by Gasteiger charge is -2.33. The summed E-state index contributed by atoms with van der Waals surface area (Å²) in [6.45, 7) is 0. The Morgan fingerprint density at radius 1 is 1.48 bits per heavy atom. The molecule has 0 radical (unpaired) electrons. The average molecular weight is 345 g/mol. The molecule has 1 heterocycles. The van der Waals surface area contributed by atoms with E-state index in [4.69, 9.17) is 10.5 Å². The normalized spacial score (nSPS) is 33.0. The maximum Gasteiger partial charge on any atom is 0.404 e. The maximum absolute atomic E-state index is 14.5. The number of halogens is 2. The van der Waals surface area contributed by atoms with Crippen molar-refractivity contribution >= 4 is 23.3 Å². The second kappa shape index (κ2) is 6.03. The molecule has 1 aromatic rings. The largest absolute Gasteiger partial charge is 0.446 e. The molecule has 6 nitrogen and oxygen atoms in total. The number of hydrogen-bond donors (Lipinski definition) is 2. The van der Waals surface area contributed by atoms with E-state index < -0.39 is 24.0 Å². The Hall–Kier alpha value is -1.77. The number of aromatic nitrogens is 1. The van der Waals surface area contributed by atoms with Gasteiger partial charge in [-0.3, -0.25) is 4.79 Å². The molecular weight excluding hydrogens is 328 g/mol. The van der Waals surface area contributed by atoms with Crippen LogP contribution in [0.1, 0.15) is 53.5 Å². The van der Waals surface area contributed by atoms with E-state index in [1.54, 1.807) is 5.38 Å². The molecule has 126 valence electrons. The van der Waals surface area contributed by atoms with Gasteiger partial charge in [0.2, 0.25) is 5.79 Å². The van der Waals surface area contributed by atoms with Crippen LogP contribution in [0.5, 0.6) is 0 Å². The minimum Gasteiger partial charge on any atom is -0.446 e. The minimum atomic E-state index is -2.32. The van der Waals surface area contributed by atoms with Crippen molar-refractivity contribution in [2.75, 3.05) is 0 Å². The summed E-state index contributed by atoms with van der Waals surface area (Å²) in [7, 11) is 0. The molecule has 4 atom stereocenters. The smallest absolute Gasteiger partial charge is 0.404 e. The number of carbonyl (C=O) groups excluding carboxylic acids is 2. The standard InChI is InChI=1S/C14H17F2N3O3S/c15-10-3-1-2-4-14(10,16)19-11(20)12-18-8(6-23-12)7-5-9(7)22-13(17)21/h6-7,9-10H,1-5H2,(H2,17,21)(H,19,20)/t7?,9?,10-,14-/m1/s1. The molecule has 0 aliphatic heterocycles. The highest BCUT2D eigenvalue weighted by molar-refractivity contribution is 7.11. The third kappa shape index (κ3) is 3.44. The number of thiazole rings is 1. The van der Waals surface area contributed by atoms with Crippen molar-refractivity contribution in [1.29, 1.82) is 0 Å². The summed E-state index contributed by atoms with van der Waals surface area (Å²) < 4.78 is 33.1. The average Bonchev–Trinajstić information content (AvgIpc) is 3.05. The van der Waals surface area contributed by atoms with Gasteiger partial charge in [0.15, 0.2) is 11.2 Å². The fraction of sp³-hybridized carbons (Fsp3) is 0.643. The molecule has 1 aromatic heterocycles. The number of hydrogen-bond acceptors (Lipinski definition) is 5. The van der Waals surface area contributed by atoms with Crippen LogP contribution in [0.4, 0.5) is 13.6 Å². The van der Waals surface area contributed by atoms with Crippen molar-refractivity contribution in [3.63, 3.8) is 0 Å². The monoisotopic (exact) mass is 345 g/mol. The number of primary amides is 1. The van der Waals surface area contributed by atoms with Crippen molar-refractivity contribution in [1.82, 2.24) is 10.3 Å². The third-order valence-corrected chi connectivity index (χ3v) is 5.02. The van der Waals surface area contributed by atoms with Crippen molar-refractivity contribution in [3.05, 3.63) is 16.1 Å². The Morgan fingerprint density at radius 3 is 2.96 bits per heavy atom. The minimum absolute atomic E-state index is 0.0325. The van der Waals surface area contributed by atoms with Gasteiger partial charge >= 0.3 is 6.09 Å². The number of alkyl halides is 2. The maximum atomic E-state index is 14.5. The van der Waals surface area contributed by atoms with Gasteiger partial charge in [0.05, 0.1) is 5.69 Å². The molecule has 0 bridgehead atoms. The molecule has 2 unspecified atom stereocenters. The summed E-state index contributed by atoms with van der Waals surface area (Å²) in [5.41, 5.74) is 5.54. The molecular formula is C14H17F2N3O3S. The zero-order valence-corrected chi connectivity index (χ0v) is 13.1. The molecule has 9 heteroatoms. The van der Waals surface area contributed by atoms with Gasteiger partial charge in [-0.1, -0.05) is 6.42 Å². The number of ether oxygens (including phenoxy) is 1. The van der Waals surface area contributed by atoms with Gasteiger partial charge in [-0.15, -0.1) is 11.3 Å². The van der Waals surface area contributed by atoms with Crippen LogP contribution in [0.2, 0.25) is 0 Å². The zero-order valence-electron chi connectivity index (χ0n) is 12.3. The number of nitrogens with two attached hydrogens (primary N) is 1. The topological polar surface area (TPSA) is 94.3 Å². The zero-order chi connectivity index (χ0) is 16.6. The van der Waals surface area contributed by atoms with Crippen molar-refractivity contribution in [3.8, 4) is 0 Å². The molecule has 2 saturated carbocycles. The molecule has 3 N–H and O–H groups in total. The number of rotatable bonds is 4. The van der Waals surface area contributed by atoms with E-state index in [1.807, 2.05) is 0 Å². The van der Waals surface area contributed by atoms with Crippen LogP contribution in [0.25, 0.3) is 0 Å². The first kappa shape index (κ1) is 16.1. The van der Waals surface area contributed by atoms with Crippen molar-refractivity contribution in [2.24, 2.45) is 5.73 Å². The first-order valence-corrected chi connectivity index (χ1v) is 8.34. The Labute approximate surface area is 135 Å². The van der Waals surface area contributed by atoms with Crippen LogP contribution in [0.3, 0.4) is 0 Å². The Bertz CT molecular complexity index is 626. The van der Waals surface area contributed by atoms with Gasteiger partial charge < -0.3 is 15.8 Å². The van der Waals surface area contributed by atoms with E-state index >= 15 is 0 Å². The lowest BCUT2D eigenvalue weighted by Crippen LogP contribution is -2.53. The summed E-state index contributed by atoms with van der Waals surface area (Å²) in [4.78, 5) is 26.9. The van der Waals surface area contributed by atoms with Crippen molar-refractivity contribution in [2.45, 2.75) is 56.1 Å². The second-order valence-corrected chi connectivity index (χ2v) is 6.78. The van der Waals surface area contributed by atoms with E-state index in [0.717, 1.165) is 11.3 Å². The van der Waals surface area contributed by atoms with Crippen LogP contribution < -0.4 is 11.1 Å². The number of amides is 2. The van der Waals surface area contributed by atoms with Crippen LogP contribution in [0.15, 0.2) is 5.38 Å². The summed E-state index contributed by atoms with van der Waals surface area (Å²) in [5, 5.41) is 3.86. The highest BCUT2D eigenvalue weighted by Gasteiger charge is 2.45. The predicted molar refractivity (Wildman–Crippen MR) is 78.6 cm³/mol. The summed E-state index contributed by atoms with van der Waals surface area (Å²) in [5.74, 6) is -3.14. The predicted octanol–water partition coefficient (Wildman–Crippen LogP) is 2.40. The van der Waals surface area contributed by atoms with E-state index in [0.29, 0.717) is 25.0 Å². The Balaban J connectivity index is 1.62. The first-order chi connectivity index (χ1) is 10.9. The number of carbonyl (C=O) groups is 2. The molecule has 0 saturated heterocycles. The van der Waals surface area contributed by atoms with Gasteiger partial charge in [-0.25, -0.2) is 18.6 Å². The highest BCUT2D eigenvalue weighted by Crippen LogP contribution is 2.43. The van der Waals surface area contributed by atoms with Gasteiger partial charge in [-0.2, -0.15) is 0 Å². The third-order valence-electron chi connectivity index (χ3n) is 4.16. The number of nitrogens with zero attached hydrogens (tertiary/aromatic N) is 1. The van der Waals surface area contributed by atoms with Gasteiger partial charge in [0.1, 0.15) is 6.10 Å². The Morgan fingerprint density at radius 2 is 2.26 bits per heavy atom. The van der Waals surface area contributed by atoms with Crippen molar-refractivity contribution < 1.29 is 23.1 Å². The summed E-state index contributed by atoms with van der Waals surface area (Å²) in [6, 6.07) is 0. The van der Waals surface area contributed by atoms with E-state index in [9.17, 15) is 18.4 Å².